The summed E-state index contributed by atoms with van der Waals surface area (Å²) in [6.45, 7) is 1.94. The second-order valence-corrected chi connectivity index (χ2v) is 4.77. The molecule has 2 aromatic heterocycles. The summed E-state index contributed by atoms with van der Waals surface area (Å²) in [5.41, 5.74) is 0.850. The summed E-state index contributed by atoms with van der Waals surface area (Å²) < 4.78 is 2.75. The molecular formula is C11H16BrN5. The Hall–Kier alpha value is -1.14. The predicted octanol–water partition coefficient (Wildman–Crippen LogP) is 1.54. The van der Waals surface area contributed by atoms with E-state index in [9.17, 15) is 0 Å². The molecule has 0 aliphatic rings. The highest BCUT2D eigenvalue weighted by atomic mass is 79.9. The average molecular weight is 298 g/mol. The van der Waals surface area contributed by atoms with Gasteiger partial charge >= 0.3 is 0 Å². The van der Waals surface area contributed by atoms with Gasteiger partial charge in [0.25, 0.3) is 0 Å². The molecule has 0 saturated carbocycles. The van der Waals surface area contributed by atoms with Crippen molar-refractivity contribution in [3.05, 3.63) is 22.8 Å². The van der Waals surface area contributed by atoms with E-state index < -0.39 is 0 Å². The molecule has 0 amide bonds. The fraction of sp³-hybridized carbons (Fsp3) is 0.455. The van der Waals surface area contributed by atoms with E-state index >= 15 is 0 Å². The van der Waals surface area contributed by atoms with Crippen LogP contribution in [0.4, 0.5) is 5.95 Å². The van der Waals surface area contributed by atoms with E-state index in [1.165, 1.54) is 0 Å². The van der Waals surface area contributed by atoms with E-state index in [1.807, 2.05) is 32.4 Å². The lowest BCUT2D eigenvalue weighted by Gasteiger charge is -2.13. The number of halogens is 1. The maximum atomic E-state index is 4.50. The van der Waals surface area contributed by atoms with Gasteiger partial charge in [-0.2, -0.15) is 4.98 Å². The summed E-state index contributed by atoms with van der Waals surface area (Å²) in [6, 6.07) is 3.91. The highest BCUT2D eigenvalue weighted by Crippen LogP contribution is 2.18. The lowest BCUT2D eigenvalue weighted by atomic mass is 10.4. The number of nitrogens with one attached hydrogen (secondary N) is 1. The van der Waals surface area contributed by atoms with E-state index in [2.05, 4.69) is 36.2 Å². The summed E-state index contributed by atoms with van der Waals surface area (Å²) in [4.78, 5) is 6.57. The molecule has 0 aliphatic carbocycles. The molecule has 0 aliphatic heterocycles. The zero-order valence-electron chi connectivity index (χ0n) is 10.0. The van der Waals surface area contributed by atoms with Crippen LogP contribution in [0.1, 0.15) is 6.42 Å². The van der Waals surface area contributed by atoms with Gasteiger partial charge in [-0.05, 0) is 48.1 Å². The molecule has 92 valence electrons. The van der Waals surface area contributed by atoms with Crippen molar-refractivity contribution in [1.82, 2.24) is 19.9 Å². The fourth-order valence-corrected chi connectivity index (χ4v) is 2.04. The van der Waals surface area contributed by atoms with Crippen LogP contribution < -0.4 is 10.2 Å². The first-order chi connectivity index (χ1) is 8.22. The molecule has 0 unspecified atom stereocenters. The van der Waals surface area contributed by atoms with Crippen molar-refractivity contribution in [2.75, 3.05) is 32.1 Å². The van der Waals surface area contributed by atoms with Crippen LogP contribution >= 0.6 is 15.9 Å². The molecule has 17 heavy (non-hydrogen) atoms. The SMILES string of the molecule is CNCCCN(C)c1nc2c(Br)cccn2n1. The van der Waals surface area contributed by atoms with E-state index in [4.69, 9.17) is 0 Å². The molecule has 5 nitrogen and oxygen atoms in total. The first kappa shape index (κ1) is 12.3. The third-order valence-electron chi connectivity index (χ3n) is 2.57. The maximum Gasteiger partial charge on any atom is 0.245 e. The quantitative estimate of drug-likeness (QED) is 0.851. The van der Waals surface area contributed by atoms with Crippen molar-refractivity contribution in [1.29, 1.82) is 0 Å². The van der Waals surface area contributed by atoms with Gasteiger partial charge in [-0.3, -0.25) is 0 Å². The Morgan fingerprint density at radius 3 is 3.06 bits per heavy atom. The average Bonchev–Trinajstić information content (AvgIpc) is 2.75. The zero-order chi connectivity index (χ0) is 12.3. The first-order valence-electron chi connectivity index (χ1n) is 5.59. The predicted molar refractivity (Wildman–Crippen MR) is 72.5 cm³/mol. The molecule has 0 aromatic carbocycles. The zero-order valence-corrected chi connectivity index (χ0v) is 11.6. The minimum absolute atomic E-state index is 0.757. The van der Waals surface area contributed by atoms with Gasteiger partial charge in [0.05, 0.1) is 4.47 Å². The molecule has 0 radical (unpaired) electrons. The van der Waals surface area contributed by atoms with Crippen LogP contribution in [0.2, 0.25) is 0 Å². The second-order valence-electron chi connectivity index (χ2n) is 3.91. The topological polar surface area (TPSA) is 45.5 Å². The van der Waals surface area contributed by atoms with Gasteiger partial charge in [-0.25, -0.2) is 4.52 Å². The summed E-state index contributed by atoms with van der Waals surface area (Å²) in [5, 5.41) is 7.56. The molecule has 0 atom stereocenters. The lowest BCUT2D eigenvalue weighted by molar-refractivity contribution is 0.703. The summed E-state index contributed by atoms with van der Waals surface area (Å²) in [5.74, 6) is 0.757. The third kappa shape index (κ3) is 2.76. The van der Waals surface area contributed by atoms with Crippen molar-refractivity contribution >= 4 is 27.5 Å². The van der Waals surface area contributed by atoms with Gasteiger partial charge in [-0.1, -0.05) is 0 Å². The second kappa shape index (κ2) is 5.46. The van der Waals surface area contributed by atoms with Crippen molar-refractivity contribution in [3.8, 4) is 0 Å². The molecule has 2 aromatic rings. The summed E-state index contributed by atoms with van der Waals surface area (Å²) >= 11 is 3.47. The Balaban J connectivity index is 2.16. The van der Waals surface area contributed by atoms with Gasteiger partial charge in [0, 0.05) is 19.8 Å². The van der Waals surface area contributed by atoms with Crippen LogP contribution in [0.5, 0.6) is 0 Å². The minimum atomic E-state index is 0.757. The molecule has 0 spiro atoms. The molecule has 2 rings (SSSR count). The minimum Gasteiger partial charge on any atom is -0.343 e. The number of nitrogens with zero attached hydrogens (tertiary/aromatic N) is 4. The Bertz CT molecular complexity index is 496. The Morgan fingerprint density at radius 1 is 1.53 bits per heavy atom. The molecule has 2 heterocycles. The molecule has 6 heteroatoms. The first-order valence-corrected chi connectivity index (χ1v) is 6.38. The highest BCUT2D eigenvalue weighted by Gasteiger charge is 2.09. The molecule has 0 fully saturated rings. The van der Waals surface area contributed by atoms with Crippen LogP contribution in [0.3, 0.4) is 0 Å². The molecular weight excluding hydrogens is 282 g/mol. The molecule has 0 bridgehead atoms. The number of fused-ring (bicyclic) bond motifs is 1. The van der Waals surface area contributed by atoms with Crippen LogP contribution in [-0.2, 0) is 0 Å². The lowest BCUT2D eigenvalue weighted by Crippen LogP contribution is -2.23. The van der Waals surface area contributed by atoms with Gasteiger partial charge in [-0.15, -0.1) is 5.10 Å². The van der Waals surface area contributed by atoms with Crippen LogP contribution in [0.15, 0.2) is 22.8 Å². The number of pyridine rings is 1. The van der Waals surface area contributed by atoms with Gasteiger partial charge in [0.2, 0.25) is 5.95 Å². The number of anilines is 1. The van der Waals surface area contributed by atoms with E-state index in [0.29, 0.717) is 0 Å². The van der Waals surface area contributed by atoms with Crippen LogP contribution in [0.25, 0.3) is 5.65 Å². The number of hydrogen-bond donors (Lipinski definition) is 1. The maximum absolute atomic E-state index is 4.50. The number of rotatable bonds is 5. The van der Waals surface area contributed by atoms with Crippen LogP contribution in [0, 0.1) is 0 Å². The van der Waals surface area contributed by atoms with Crippen molar-refractivity contribution in [2.24, 2.45) is 0 Å². The Labute approximate surface area is 109 Å². The van der Waals surface area contributed by atoms with Crippen LogP contribution in [-0.4, -0.2) is 41.8 Å². The number of hydrogen-bond acceptors (Lipinski definition) is 4. The van der Waals surface area contributed by atoms with Gasteiger partial charge < -0.3 is 10.2 Å². The normalized spacial score (nSPS) is 11.0. The molecule has 1 N–H and O–H groups in total. The summed E-state index contributed by atoms with van der Waals surface area (Å²) in [7, 11) is 3.97. The largest absolute Gasteiger partial charge is 0.343 e. The van der Waals surface area contributed by atoms with E-state index in [-0.39, 0.29) is 0 Å². The Kier molecular flexibility index (Phi) is 3.96. The van der Waals surface area contributed by atoms with Gasteiger partial charge in [0.1, 0.15) is 0 Å². The standard InChI is InChI=1S/C11H16BrN5/c1-13-6-4-7-16(2)11-14-10-9(12)5-3-8-17(10)15-11/h3,5,8,13H,4,6-7H2,1-2H3. The van der Waals surface area contributed by atoms with Crippen molar-refractivity contribution < 1.29 is 0 Å². The van der Waals surface area contributed by atoms with E-state index in [1.54, 1.807) is 4.52 Å². The number of aromatic nitrogens is 3. The Morgan fingerprint density at radius 2 is 2.35 bits per heavy atom. The highest BCUT2D eigenvalue weighted by molar-refractivity contribution is 9.10. The monoisotopic (exact) mass is 297 g/mol. The van der Waals surface area contributed by atoms with Gasteiger partial charge in [0.15, 0.2) is 5.65 Å². The smallest absolute Gasteiger partial charge is 0.245 e. The third-order valence-corrected chi connectivity index (χ3v) is 3.18. The van der Waals surface area contributed by atoms with Crippen molar-refractivity contribution in [3.63, 3.8) is 0 Å². The van der Waals surface area contributed by atoms with E-state index in [0.717, 1.165) is 35.6 Å². The van der Waals surface area contributed by atoms with Crippen molar-refractivity contribution in [2.45, 2.75) is 6.42 Å². The fourth-order valence-electron chi connectivity index (χ4n) is 1.62. The molecule has 0 saturated heterocycles. The summed E-state index contributed by atoms with van der Waals surface area (Å²) in [6.07, 6.45) is 2.97.